The van der Waals surface area contributed by atoms with Crippen LogP contribution in [0.4, 0.5) is 11.4 Å². The summed E-state index contributed by atoms with van der Waals surface area (Å²) >= 11 is 0. The first-order chi connectivity index (χ1) is 12.8. The van der Waals surface area contributed by atoms with E-state index in [0.29, 0.717) is 0 Å². The average molecular weight is 338 g/mol. The van der Waals surface area contributed by atoms with Crippen molar-refractivity contribution in [1.29, 1.82) is 0 Å². The molecule has 0 atom stereocenters. The number of pyridine rings is 1. The van der Waals surface area contributed by atoms with E-state index in [0.717, 1.165) is 40.0 Å². The number of aryl methyl sites for hydroxylation is 1. The number of nitrogens with one attached hydrogen (secondary N) is 1. The molecule has 0 unspecified atom stereocenters. The Bertz CT molecular complexity index is 1030. The molecule has 1 aromatic heterocycles. The van der Waals surface area contributed by atoms with Crippen molar-refractivity contribution in [2.75, 3.05) is 5.32 Å². The third-order valence-corrected chi connectivity index (χ3v) is 4.71. The van der Waals surface area contributed by atoms with Crippen LogP contribution in [0.2, 0.25) is 0 Å². The number of hydrogen-bond donors (Lipinski definition) is 1. The number of benzene rings is 3. The summed E-state index contributed by atoms with van der Waals surface area (Å²) in [7, 11) is 0. The first-order valence-electron chi connectivity index (χ1n) is 9.07. The summed E-state index contributed by atoms with van der Waals surface area (Å²) in [4.78, 5) is 5.01. The van der Waals surface area contributed by atoms with E-state index in [2.05, 4.69) is 85.9 Å². The number of nitrogens with zero attached hydrogens (tertiary/aromatic N) is 1. The topological polar surface area (TPSA) is 24.9 Å². The molecular weight excluding hydrogens is 316 g/mol. The van der Waals surface area contributed by atoms with E-state index in [4.69, 9.17) is 4.98 Å². The molecule has 128 valence electrons. The molecule has 2 nitrogen and oxygen atoms in total. The first-order valence-corrected chi connectivity index (χ1v) is 9.07. The Kier molecular flexibility index (Phi) is 4.40. The van der Waals surface area contributed by atoms with Gasteiger partial charge in [-0.3, -0.25) is 0 Å². The lowest BCUT2D eigenvalue weighted by Crippen LogP contribution is -2.02. The van der Waals surface area contributed by atoms with Crippen molar-refractivity contribution in [2.45, 2.75) is 20.3 Å². The Morgan fingerprint density at radius 2 is 1.50 bits per heavy atom. The zero-order chi connectivity index (χ0) is 17.9. The van der Waals surface area contributed by atoms with Crippen molar-refractivity contribution in [3.05, 3.63) is 90.0 Å². The van der Waals surface area contributed by atoms with Gasteiger partial charge in [-0.25, -0.2) is 4.98 Å². The summed E-state index contributed by atoms with van der Waals surface area (Å²) in [6.07, 6.45) is 0.913. The molecule has 4 rings (SSSR count). The van der Waals surface area contributed by atoms with Crippen molar-refractivity contribution in [3.63, 3.8) is 0 Å². The van der Waals surface area contributed by atoms with E-state index in [1.165, 1.54) is 11.1 Å². The minimum Gasteiger partial charge on any atom is -0.355 e. The highest BCUT2D eigenvalue weighted by atomic mass is 14.9. The molecule has 2 heteroatoms. The molecule has 26 heavy (non-hydrogen) atoms. The molecule has 0 radical (unpaired) electrons. The average Bonchev–Trinajstić information content (AvgIpc) is 2.69. The van der Waals surface area contributed by atoms with Gasteiger partial charge in [0.1, 0.15) is 0 Å². The molecule has 0 fully saturated rings. The van der Waals surface area contributed by atoms with Gasteiger partial charge in [0.05, 0.1) is 16.9 Å². The van der Waals surface area contributed by atoms with Gasteiger partial charge in [0.2, 0.25) is 0 Å². The molecule has 0 saturated heterocycles. The zero-order valence-corrected chi connectivity index (χ0v) is 15.2. The third-order valence-electron chi connectivity index (χ3n) is 4.71. The molecule has 0 saturated carbocycles. The number of aromatic nitrogens is 1. The fourth-order valence-corrected chi connectivity index (χ4v) is 3.35. The van der Waals surface area contributed by atoms with Gasteiger partial charge in [0.25, 0.3) is 0 Å². The van der Waals surface area contributed by atoms with Gasteiger partial charge < -0.3 is 5.32 Å². The SMILES string of the molecule is CCc1c(-c2ccc(C)cc2)nc2ccccc2c1Nc1ccccc1. The number of para-hydroxylation sites is 2. The summed E-state index contributed by atoms with van der Waals surface area (Å²) in [6.45, 7) is 4.31. The third kappa shape index (κ3) is 3.06. The van der Waals surface area contributed by atoms with Crippen LogP contribution >= 0.6 is 0 Å². The van der Waals surface area contributed by atoms with E-state index >= 15 is 0 Å². The maximum atomic E-state index is 5.01. The lowest BCUT2D eigenvalue weighted by molar-refractivity contribution is 1.12. The lowest BCUT2D eigenvalue weighted by Gasteiger charge is -2.18. The molecule has 0 aliphatic heterocycles. The fraction of sp³-hybridized carbons (Fsp3) is 0.125. The van der Waals surface area contributed by atoms with Gasteiger partial charge >= 0.3 is 0 Å². The van der Waals surface area contributed by atoms with Crippen molar-refractivity contribution >= 4 is 22.3 Å². The highest BCUT2D eigenvalue weighted by Gasteiger charge is 2.15. The second kappa shape index (κ2) is 7.01. The van der Waals surface area contributed by atoms with Crippen LogP contribution in [0, 0.1) is 6.92 Å². The molecule has 0 bridgehead atoms. The van der Waals surface area contributed by atoms with Gasteiger partial charge in [-0.1, -0.05) is 73.2 Å². The van der Waals surface area contributed by atoms with Gasteiger partial charge in [0.15, 0.2) is 0 Å². The van der Waals surface area contributed by atoms with Crippen LogP contribution in [0.15, 0.2) is 78.9 Å². The van der Waals surface area contributed by atoms with E-state index in [9.17, 15) is 0 Å². The molecule has 0 aliphatic rings. The van der Waals surface area contributed by atoms with Crippen LogP contribution in [-0.2, 0) is 6.42 Å². The summed E-state index contributed by atoms with van der Waals surface area (Å²) in [5.74, 6) is 0. The van der Waals surface area contributed by atoms with E-state index < -0.39 is 0 Å². The predicted octanol–water partition coefficient (Wildman–Crippen LogP) is 6.52. The fourth-order valence-electron chi connectivity index (χ4n) is 3.35. The molecule has 0 spiro atoms. The van der Waals surface area contributed by atoms with Crippen molar-refractivity contribution in [3.8, 4) is 11.3 Å². The summed E-state index contributed by atoms with van der Waals surface area (Å²) in [5, 5.41) is 4.80. The molecule has 0 amide bonds. The van der Waals surface area contributed by atoms with E-state index in [1.807, 2.05) is 12.1 Å². The zero-order valence-electron chi connectivity index (χ0n) is 15.2. The predicted molar refractivity (Wildman–Crippen MR) is 111 cm³/mol. The number of fused-ring (bicyclic) bond motifs is 1. The van der Waals surface area contributed by atoms with E-state index in [1.54, 1.807) is 0 Å². The van der Waals surface area contributed by atoms with Gasteiger partial charge in [0, 0.05) is 22.2 Å². The van der Waals surface area contributed by atoms with Crippen LogP contribution in [0.5, 0.6) is 0 Å². The minimum atomic E-state index is 0.913. The first kappa shape index (κ1) is 16.3. The highest BCUT2D eigenvalue weighted by Crippen LogP contribution is 2.36. The minimum absolute atomic E-state index is 0.913. The molecule has 4 aromatic rings. The number of rotatable bonds is 4. The maximum absolute atomic E-state index is 5.01. The number of hydrogen-bond acceptors (Lipinski definition) is 2. The van der Waals surface area contributed by atoms with Crippen molar-refractivity contribution in [2.24, 2.45) is 0 Å². The largest absolute Gasteiger partial charge is 0.355 e. The molecule has 3 aromatic carbocycles. The Labute approximate surface area is 154 Å². The standard InChI is InChI=1S/C24H22N2/c1-3-20-23(18-15-13-17(2)14-16-18)26-22-12-8-7-11-21(22)24(20)25-19-9-5-4-6-10-19/h4-16H,3H2,1-2H3,(H,25,26). The maximum Gasteiger partial charge on any atom is 0.0762 e. The van der Waals surface area contributed by atoms with Gasteiger partial charge in [-0.05, 0) is 31.5 Å². The van der Waals surface area contributed by atoms with Gasteiger partial charge in [-0.15, -0.1) is 0 Å². The second-order valence-electron chi connectivity index (χ2n) is 6.54. The van der Waals surface area contributed by atoms with Crippen LogP contribution in [0.25, 0.3) is 22.2 Å². The molecule has 0 aliphatic carbocycles. The van der Waals surface area contributed by atoms with Gasteiger partial charge in [-0.2, -0.15) is 0 Å². The second-order valence-corrected chi connectivity index (χ2v) is 6.54. The Morgan fingerprint density at radius 3 is 2.23 bits per heavy atom. The summed E-state index contributed by atoms with van der Waals surface area (Å²) in [6, 6.07) is 27.3. The Balaban J connectivity index is 1.97. The normalized spacial score (nSPS) is 10.8. The molecular formula is C24H22N2. The Hall–Kier alpha value is -3.13. The lowest BCUT2D eigenvalue weighted by atomic mass is 9.98. The van der Waals surface area contributed by atoms with Crippen LogP contribution in [-0.4, -0.2) is 4.98 Å². The molecule has 1 N–H and O–H groups in total. The summed E-state index contributed by atoms with van der Waals surface area (Å²) < 4.78 is 0. The van der Waals surface area contributed by atoms with Crippen molar-refractivity contribution in [1.82, 2.24) is 4.98 Å². The quantitative estimate of drug-likeness (QED) is 0.458. The smallest absolute Gasteiger partial charge is 0.0762 e. The monoisotopic (exact) mass is 338 g/mol. The van der Waals surface area contributed by atoms with Crippen LogP contribution in [0.1, 0.15) is 18.1 Å². The highest BCUT2D eigenvalue weighted by molar-refractivity contribution is 5.98. The Morgan fingerprint density at radius 1 is 0.808 bits per heavy atom. The number of anilines is 2. The van der Waals surface area contributed by atoms with Crippen LogP contribution < -0.4 is 5.32 Å². The molecule has 1 heterocycles. The van der Waals surface area contributed by atoms with Crippen molar-refractivity contribution < 1.29 is 0 Å². The van der Waals surface area contributed by atoms with Crippen LogP contribution in [0.3, 0.4) is 0 Å². The van der Waals surface area contributed by atoms with E-state index in [-0.39, 0.29) is 0 Å². The summed E-state index contributed by atoms with van der Waals surface area (Å²) in [5.41, 5.74) is 7.98.